The average Bonchev–Trinajstić information content (AvgIpc) is 2.16. The van der Waals surface area contributed by atoms with Crippen molar-refractivity contribution in [3.8, 4) is 0 Å². The number of aliphatic hydroxyl groups excluding tert-OH is 1. The van der Waals surface area contributed by atoms with Gasteiger partial charge in [0.15, 0.2) is 0 Å². The van der Waals surface area contributed by atoms with Gasteiger partial charge in [-0.15, -0.1) is 0 Å². The Bertz CT molecular complexity index is 122. The molecule has 1 aliphatic heterocycles. The molecule has 72 valence electrons. The second kappa shape index (κ2) is 5.10. The van der Waals surface area contributed by atoms with Crippen molar-refractivity contribution in [1.82, 2.24) is 0 Å². The molecule has 1 fully saturated rings. The Balaban J connectivity index is 2.37. The van der Waals surface area contributed by atoms with Crippen molar-refractivity contribution in [2.24, 2.45) is 5.41 Å². The van der Waals surface area contributed by atoms with Crippen LogP contribution >= 0.6 is 11.8 Å². The summed E-state index contributed by atoms with van der Waals surface area (Å²) in [4.78, 5) is 0. The molecule has 0 aliphatic carbocycles. The summed E-state index contributed by atoms with van der Waals surface area (Å²) in [6.07, 6.45) is 5.43. The zero-order valence-electron chi connectivity index (χ0n) is 7.71. The van der Waals surface area contributed by atoms with Crippen LogP contribution in [0.2, 0.25) is 0 Å². The van der Waals surface area contributed by atoms with Crippen LogP contribution in [0.5, 0.6) is 0 Å². The molecule has 1 unspecified atom stereocenters. The molecule has 1 aliphatic rings. The van der Waals surface area contributed by atoms with E-state index in [1.807, 2.05) is 11.8 Å². The Kier molecular flexibility index (Phi) is 4.40. The number of aliphatic hydroxyl groups is 1. The van der Waals surface area contributed by atoms with Gasteiger partial charge in [-0.3, -0.25) is 0 Å². The molecule has 1 N–H and O–H groups in total. The molecule has 0 radical (unpaired) electrons. The summed E-state index contributed by atoms with van der Waals surface area (Å²) >= 11 is 1.84. The quantitative estimate of drug-likeness (QED) is 0.729. The van der Waals surface area contributed by atoms with Crippen LogP contribution in [0, 0.1) is 5.41 Å². The van der Waals surface area contributed by atoms with E-state index in [1.54, 1.807) is 0 Å². The van der Waals surface area contributed by atoms with E-state index in [1.165, 1.54) is 0 Å². The maximum absolute atomic E-state index is 9.28. The zero-order chi connectivity index (χ0) is 8.86. The Morgan fingerprint density at radius 2 is 2.42 bits per heavy atom. The molecular weight excluding hydrogens is 172 g/mol. The first kappa shape index (κ1) is 10.4. The molecule has 0 bridgehead atoms. The van der Waals surface area contributed by atoms with Crippen LogP contribution in [-0.4, -0.2) is 36.9 Å². The van der Waals surface area contributed by atoms with Gasteiger partial charge in [0.2, 0.25) is 0 Å². The van der Waals surface area contributed by atoms with Crippen molar-refractivity contribution in [2.75, 3.05) is 31.8 Å². The van der Waals surface area contributed by atoms with Crippen LogP contribution in [0.25, 0.3) is 0 Å². The molecule has 0 aromatic heterocycles. The maximum Gasteiger partial charge on any atom is 0.0544 e. The van der Waals surface area contributed by atoms with Gasteiger partial charge >= 0.3 is 0 Å². The minimum absolute atomic E-state index is 0.0846. The first-order valence-corrected chi connectivity index (χ1v) is 5.90. The topological polar surface area (TPSA) is 29.5 Å². The molecule has 1 heterocycles. The minimum atomic E-state index is 0.0846. The molecule has 0 aromatic carbocycles. The van der Waals surface area contributed by atoms with E-state index in [0.717, 1.165) is 38.2 Å². The first-order chi connectivity index (χ1) is 5.83. The monoisotopic (exact) mass is 190 g/mol. The highest BCUT2D eigenvalue weighted by atomic mass is 32.2. The van der Waals surface area contributed by atoms with Gasteiger partial charge in [0.1, 0.15) is 0 Å². The van der Waals surface area contributed by atoms with Gasteiger partial charge in [0.25, 0.3) is 0 Å². The second-order valence-electron chi connectivity index (χ2n) is 3.56. The number of rotatable bonds is 4. The van der Waals surface area contributed by atoms with Crippen molar-refractivity contribution in [2.45, 2.75) is 19.3 Å². The van der Waals surface area contributed by atoms with Gasteiger partial charge in [0.05, 0.1) is 13.2 Å². The lowest BCUT2D eigenvalue weighted by Crippen LogP contribution is -2.35. The molecule has 1 saturated heterocycles. The maximum atomic E-state index is 9.28. The zero-order valence-corrected chi connectivity index (χ0v) is 8.53. The number of hydrogen-bond donors (Lipinski definition) is 1. The molecule has 2 nitrogen and oxygen atoms in total. The van der Waals surface area contributed by atoms with Crippen LogP contribution < -0.4 is 0 Å². The molecule has 0 saturated carbocycles. The standard InChI is InChI=1S/C9H18O2S/c1-12-6-4-9(7-10)3-2-5-11-8-9/h10H,2-8H2,1H3. The highest BCUT2D eigenvalue weighted by molar-refractivity contribution is 7.98. The van der Waals surface area contributed by atoms with Gasteiger partial charge in [-0.25, -0.2) is 0 Å². The normalized spacial score (nSPS) is 30.5. The van der Waals surface area contributed by atoms with Gasteiger partial charge in [-0.2, -0.15) is 11.8 Å². The largest absolute Gasteiger partial charge is 0.396 e. The SMILES string of the molecule is CSCCC1(CO)CCCOC1. The van der Waals surface area contributed by atoms with Crippen LogP contribution in [0.3, 0.4) is 0 Å². The van der Waals surface area contributed by atoms with Crippen LogP contribution in [-0.2, 0) is 4.74 Å². The van der Waals surface area contributed by atoms with E-state index in [4.69, 9.17) is 4.74 Å². The fraction of sp³-hybridized carbons (Fsp3) is 1.00. The van der Waals surface area contributed by atoms with Crippen LogP contribution in [0.1, 0.15) is 19.3 Å². The molecule has 0 spiro atoms. The summed E-state index contributed by atoms with van der Waals surface area (Å²) in [6, 6.07) is 0. The smallest absolute Gasteiger partial charge is 0.0544 e. The predicted octanol–water partition coefficient (Wildman–Crippen LogP) is 1.53. The molecule has 12 heavy (non-hydrogen) atoms. The molecule has 0 amide bonds. The number of ether oxygens (including phenoxy) is 1. The van der Waals surface area contributed by atoms with Gasteiger partial charge in [-0.1, -0.05) is 0 Å². The summed E-state index contributed by atoms with van der Waals surface area (Å²) < 4.78 is 5.40. The minimum Gasteiger partial charge on any atom is -0.396 e. The summed E-state index contributed by atoms with van der Waals surface area (Å²) in [7, 11) is 0. The third-order valence-corrected chi connectivity index (χ3v) is 3.19. The number of hydrogen-bond acceptors (Lipinski definition) is 3. The summed E-state index contributed by atoms with van der Waals surface area (Å²) in [6.45, 7) is 1.92. The van der Waals surface area contributed by atoms with Crippen molar-refractivity contribution in [1.29, 1.82) is 0 Å². The summed E-state index contributed by atoms with van der Waals surface area (Å²) in [5.74, 6) is 1.13. The molecule has 1 atom stereocenters. The Hall–Kier alpha value is 0.270. The summed E-state index contributed by atoms with van der Waals surface area (Å²) in [5, 5.41) is 9.28. The second-order valence-corrected chi connectivity index (χ2v) is 4.54. The Morgan fingerprint density at radius 1 is 1.58 bits per heavy atom. The Labute approximate surface area is 78.7 Å². The fourth-order valence-electron chi connectivity index (χ4n) is 1.63. The first-order valence-electron chi connectivity index (χ1n) is 4.50. The van der Waals surface area contributed by atoms with E-state index in [2.05, 4.69) is 6.26 Å². The lowest BCUT2D eigenvalue weighted by Gasteiger charge is -2.35. The van der Waals surface area contributed by atoms with Gasteiger partial charge in [-0.05, 0) is 31.3 Å². The van der Waals surface area contributed by atoms with Crippen molar-refractivity contribution >= 4 is 11.8 Å². The molecule has 1 rings (SSSR count). The van der Waals surface area contributed by atoms with Gasteiger partial charge in [0, 0.05) is 12.0 Å². The third kappa shape index (κ3) is 2.64. The van der Waals surface area contributed by atoms with E-state index >= 15 is 0 Å². The highest BCUT2D eigenvalue weighted by Gasteiger charge is 2.31. The van der Waals surface area contributed by atoms with E-state index in [9.17, 15) is 5.11 Å². The Morgan fingerprint density at radius 3 is 2.92 bits per heavy atom. The van der Waals surface area contributed by atoms with Crippen molar-refractivity contribution in [3.05, 3.63) is 0 Å². The highest BCUT2D eigenvalue weighted by Crippen LogP contribution is 2.32. The number of thioether (sulfide) groups is 1. The van der Waals surface area contributed by atoms with Gasteiger partial charge < -0.3 is 9.84 Å². The van der Waals surface area contributed by atoms with Crippen molar-refractivity contribution < 1.29 is 9.84 Å². The predicted molar refractivity (Wildman–Crippen MR) is 52.6 cm³/mol. The fourth-order valence-corrected chi connectivity index (χ4v) is 2.27. The third-order valence-electron chi connectivity index (χ3n) is 2.58. The molecular formula is C9H18O2S. The van der Waals surface area contributed by atoms with Crippen LogP contribution in [0.4, 0.5) is 0 Å². The lowest BCUT2D eigenvalue weighted by molar-refractivity contribution is -0.0394. The van der Waals surface area contributed by atoms with E-state index in [0.29, 0.717) is 0 Å². The molecule has 3 heteroatoms. The van der Waals surface area contributed by atoms with E-state index in [-0.39, 0.29) is 12.0 Å². The summed E-state index contributed by atoms with van der Waals surface area (Å²) in [5.41, 5.74) is 0.0846. The van der Waals surface area contributed by atoms with Crippen molar-refractivity contribution in [3.63, 3.8) is 0 Å². The average molecular weight is 190 g/mol. The molecule has 0 aromatic rings. The van der Waals surface area contributed by atoms with Crippen LogP contribution in [0.15, 0.2) is 0 Å². The van der Waals surface area contributed by atoms with E-state index < -0.39 is 0 Å². The lowest BCUT2D eigenvalue weighted by atomic mass is 9.81.